The average molecular weight is 192 g/mol. The summed E-state index contributed by atoms with van der Waals surface area (Å²) in [4.78, 5) is 0. The summed E-state index contributed by atoms with van der Waals surface area (Å²) < 4.78 is 0. The zero-order chi connectivity index (χ0) is 10.6. The smallest absolute Gasteiger partial charge is 0.118 e. The third-order valence-corrected chi connectivity index (χ3v) is 2.82. The molecule has 0 aliphatic rings. The van der Waals surface area contributed by atoms with Gasteiger partial charge in [-0.05, 0) is 42.9 Å². The van der Waals surface area contributed by atoms with Gasteiger partial charge in [0.25, 0.3) is 0 Å². The number of aromatic hydroxyl groups is 1. The lowest BCUT2D eigenvalue weighted by molar-refractivity contribution is 0.470. The number of hydrogen-bond donors (Lipinski definition) is 1. The van der Waals surface area contributed by atoms with Crippen LogP contribution in [0.3, 0.4) is 0 Å². The molecular formula is C13H20O. The van der Waals surface area contributed by atoms with Gasteiger partial charge in [0.2, 0.25) is 0 Å². The highest BCUT2D eigenvalue weighted by Crippen LogP contribution is 2.28. The van der Waals surface area contributed by atoms with Crippen LogP contribution in [0.15, 0.2) is 18.2 Å². The molecule has 0 aliphatic heterocycles. The van der Waals surface area contributed by atoms with E-state index in [1.807, 2.05) is 19.1 Å². The van der Waals surface area contributed by atoms with Crippen molar-refractivity contribution < 1.29 is 5.11 Å². The van der Waals surface area contributed by atoms with Crippen molar-refractivity contribution in [3.8, 4) is 5.75 Å². The lowest BCUT2D eigenvalue weighted by Gasteiger charge is -2.15. The molecule has 0 aromatic heterocycles. The van der Waals surface area contributed by atoms with Crippen LogP contribution in [0.5, 0.6) is 5.75 Å². The molecule has 1 nitrogen and oxygen atoms in total. The van der Waals surface area contributed by atoms with Crippen LogP contribution in [-0.2, 0) is 0 Å². The van der Waals surface area contributed by atoms with E-state index in [1.165, 1.54) is 24.8 Å². The Bertz CT molecular complexity index is 291. The van der Waals surface area contributed by atoms with E-state index in [0.717, 1.165) is 5.56 Å². The molecule has 0 saturated carbocycles. The third-order valence-electron chi connectivity index (χ3n) is 2.82. The minimum Gasteiger partial charge on any atom is -0.508 e. The fourth-order valence-electron chi connectivity index (χ4n) is 1.89. The maximum Gasteiger partial charge on any atom is 0.118 e. The largest absolute Gasteiger partial charge is 0.508 e. The van der Waals surface area contributed by atoms with E-state index < -0.39 is 0 Å². The van der Waals surface area contributed by atoms with Gasteiger partial charge in [-0.3, -0.25) is 0 Å². The monoisotopic (exact) mass is 192 g/mol. The van der Waals surface area contributed by atoms with Crippen LogP contribution < -0.4 is 0 Å². The quantitative estimate of drug-likeness (QED) is 0.764. The van der Waals surface area contributed by atoms with E-state index in [9.17, 15) is 5.11 Å². The molecule has 0 amide bonds. The number of phenolic OH excluding ortho intramolecular Hbond substituents is 1. The van der Waals surface area contributed by atoms with Crippen molar-refractivity contribution >= 4 is 0 Å². The number of benzene rings is 1. The first-order valence-electron chi connectivity index (χ1n) is 5.48. The molecule has 0 aliphatic carbocycles. The highest BCUT2D eigenvalue weighted by molar-refractivity contribution is 5.36. The normalized spacial score (nSPS) is 12.8. The Labute approximate surface area is 86.8 Å². The zero-order valence-electron chi connectivity index (χ0n) is 9.38. The Morgan fingerprint density at radius 3 is 2.50 bits per heavy atom. The highest BCUT2D eigenvalue weighted by Gasteiger charge is 2.09. The summed E-state index contributed by atoms with van der Waals surface area (Å²) in [5.74, 6) is 1.06. The Kier molecular flexibility index (Phi) is 3.99. The van der Waals surface area contributed by atoms with Crippen LogP contribution in [0.4, 0.5) is 0 Å². The standard InChI is InChI=1S/C13H20O/c1-4-6-11(5-2)12-7-8-13(14)10(3)9-12/h7-9,11,14H,4-6H2,1-3H3/t11-/m1/s1. The summed E-state index contributed by atoms with van der Waals surface area (Å²) in [6.07, 6.45) is 3.64. The predicted octanol–water partition coefficient (Wildman–Crippen LogP) is 3.99. The Hall–Kier alpha value is -0.980. The lowest BCUT2D eigenvalue weighted by Crippen LogP contribution is -1.97. The van der Waals surface area contributed by atoms with Crippen molar-refractivity contribution in [2.75, 3.05) is 0 Å². The molecule has 0 spiro atoms. The van der Waals surface area contributed by atoms with E-state index in [-0.39, 0.29) is 0 Å². The molecule has 1 aromatic carbocycles. The van der Waals surface area contributed by atoms with Gasteiger partial charge in [-0.25, -0.2) is 0 Å². The molecule has 0 heterocycles. The molecule has 0 bridgehead atoms. The molecule has 0 radical (unpaired) electrons. The summed E-state index contributed by atoms with van der Waals surface area (Å²) in [6, 6.07) is 5.97. The summed E-state index contributed by atoms with van der Waals surface area (Å²) >= 11 is 0. The van der Waals surface area contributed by atoms with Crippen molar-refractivity contribution in [2.24, 2.45) is 0 Å². The van der Waals surface area contributed by atoms with Gasteiger partial charge >= 0.3 is 0 Å². The summed E-state index contributed by atoms with van der Waals surface area (Å²) in [6.45, 7) is 6.40. The average Bonchev–Trinajstić information content (AvgIpc) is 2.19. The molecule has 14 heavy (non-hydrogen) atoms. The van der Waals surface area contributed by atoms with Gasteiger partial charge < -0.3 is 5.11 Å². The van der Waals surface area contributed by atoms with Crippen LogP contribution in [0.25, 0.3) is 0 Å². The SMILES string of the molecule is CCC[C@@H](CC)c1ccc(O)c(C)c1. The van der Waals surface area contributed by atoms with E-state index in [1.54, 1.807) is 0 Å². The molecule has 0 unspecified atom stereocenters. The number of aryl methyl sites for hydroxylation is 1. The topological polar surface area (TPSA) is 20.2 Å². The second-order valence-corrected chi connectivity index (χ2v) is 3.94. The highest BCUT2D eigenvalue weighted by atomic mass is 16.3. The Morgan fingerprint density at radius 1 is 1.29 bits per heavy atom. The molecule has 0 saturated heterocycles. The maximum absolute atomic E-state index is 9.43. The number of hydrogen-bond acceptors (Lipinski definition) is 1. The Morgan fingerprint density at radius 2 is 2.00 bits per heavy atom. The minimum absolute atomic E-state index is 0.403. The molecule has 0 fully saturated rings. The molecule has 1 N–H and O–H groups in total. The minimum atomic E-state index is 0.403. The van der Waals surface area contributed by atoms with Crippen molar-refractivity contribution in [3.05, 3.63) is 29.3 Å². The summed E-state index contributed by atoms with van der Waals surface area (Å²) in [7, 11) is 0. The fraction of sp³-hybridized carbons (Fsp3) is 0.538. The first kappa shape index (κ1) is 11.1. The molecule has 78 valence electrons. The van der Waals surface area contributed by atoms with Crippen LogP contribution in [0.1, 0.15) is 50.2 Å². The second kappa shape index (κ2) is 5.04. The van der Waals surface area contributed by atoms with Gasteiger partial charge in [0, 0.05) is 0 Å². The van der Waals surface area contributed by atoms with Crippen molar-refractivity contribution in [3.63, 3.8) is 0 Å². The first-order valence-corrected chi connectivity index (χ1v) is 5.48. The van der Waals surface area contributed by atoms with Crippen LogP contribution in [-0.4, -0.2) is 5.11 Å². The first-order chi connectivity index (χ1) is 6.69. The molecular weight excluding hydrogens is 172 g/mol. The Balaban J connectivity index is 2.88. The van der Waals surface area contributed by atoms with Crippen molar-refractivity contribution in [2.45, 2.75) is 46.0 Å². The summed E-state index contributed by atoms with van der Waals surface area (Å²) in [5, 5.41) is 9.43. The van der Waals surface area contributed by atoms with Gasteiger partial charge in [-0.15, -0.1) is 0 Å². The van der Waals surface area contributed by atoms with Gasteiger partial charge in [-0.1, -0.05) is 32.4 Å². The third kappa shape index (κ3) is 2.50. The van der Waals surface area contributed by atoms with Gasteiger partial charge in [0.15, 0.2) is 0 Å². The van der Waals surface area contributed by atoms with E-state index in [0.29, 0.717) is 11.7 Å². The molecule has 1 heteroatoms. The second-order valence-electron chi connectivity index (χ2n) is 3.94. The van der Waals surface area contributed by atoms with Crippen molar-refractivity contribution in [1.29, 1.82) is 0 Å². The maximum atomic E-state index is 9.43. The van der Waals surface area contributed by atoms with Gasteiger partial charge in [-0.2, -0.15) is 0 Å². The lowest BCUT2D eigenvalue weighted by atomic mass is 9.91. The zero-order valence-corrected chi connectivity index (χ0v) is 9.38. The van der Waals surface area contributed by atoms with Crippen LogP contribution in [0.2, 0.25) is 0 Å². The molecule has 1 aromatic rings. The van der Waals surface area contributed by atoms with Gasteiger partial charge in [0.1, 0.15) is 5.75 Å². The van der Waals surface area contributed by atoms with Crippen LogP contribution in [0, 0.1) is 6.92 Å². The van der Waals surface area contributed by atoms with Crippen LogP contribution >= 0.6 is 0 Å². The van der Waals surface area contributed by atoms with E-state index in [2.05, 4.69) is 19.9 Å². The van der Waals surface area contributed by atoms with E-state index >= 15 is 0 Å². The molecule has 1 atom stereocenters. The summed E-state index contributed by atoms with van der Waals surface area (Å²) in [5.41, 5.74) is 2.35. The van der Waals surface area contributed by atoms with E-state index in [4.69, 9.17) is 0 Å². The fourth-order valence-corrected chi connectivity index (χ4v) is 1.89. The number of phenols is 1. The van der Waals surface area contributed by atoms with Crippen molar-refractivity contribution in [1.82, 2.24) is 0 Å². The van der Waals surface area contributed by atoms with Gasteiger partial charge in [0.05, 0.1) is 0 Å². The molecule has 1 rings (SSSR count). The predicted molar refractivity (Wildman–Crippen MR) is 60.8 cm³/mol. The number of rotatable bonds is 4.